The quantitative estimate of drug-likeness (QED) is 0.612. The molecule has 0 aliphatic heterocycles. The summed E-state index contributed by atoms with van der Waals surface area (Å²) in [5.41, 5.74) is 3.36. The van der Waals surface area contributed by atoms with Crippen molar-refractivity contribution in [3.8, 4) is 12.1 Å². The van der Waals surface area contributed by atoms with Crippen LogP contribution in [0.2, 0.25) is 0 Å². The van der Waals surface area contributed by atoms with Gasteiger partial charge in [-0.05, 0) is 47.1 Å². The SMILES string of the molecule is CC1(C)CC(/C=C/c2ccc(S)cc2)=CC(=C(C#N)C#N)C1. The summed E-state index contributed by atoms with van der Waals surface area (Å²) in [6.07, 6.45) is 7.80. The van der Waals surface area contributed by atoms with Gasteiger partial charge in [-0.3, -0.25) is 0 Å². The summed E-state index contributed by atoms with van der Waals surface area (Å²) in [7, 11) is 0. The third-order valence-electron chi connectivity index (χ3n) is 3.64. The summed E-state index contributed by atoms with van der Waals surface area (Å²) >= 11 is 4.28. The molecule has 0 spiro atoms. The molecule has 0 unspecified atom stereocenters. The van der Waals surface area contributed by atoms with Crippen molar-refractivity contribution in [2.75, 3.05) is 0 Å². The van der Waals surface area contributed by atoms with Crippen LogP contribution in [0.4, 0.5) is 0 Å². The highest BCUT2D eigenvalue weighted by molar-refractivity contribution is 7.80. The van der Waals surface area contributed by atoms with Gasteiger partial charge in [0.25, 0.3) is 0 Å². The maximum Gasteiger partial charge on any atom is 0.132 e. The number of allylic oxidation sites excluding steroid dienone is 5. The standard InChI is InChI=1S/C19H18N2S/c1-19(2)10-15(9-16(11-19)17(12-20)13-21)4-3-14-5-7-18(22)8-6-14/h3-9,22H,10-11H2,1-2H3/b4-3+. The molecule has 1 aromatic rings. The third kappa shape index (κ3) is 4.13. The van der Waals surface area contributed by atoms with Crippen LogP contribution in [0.1, 0.15) is 32.3 Å². The Balaban J connectivity index is 2.33. The van der Waals surface area contributed by atoms with E-state index in [0.717, 1.165) is 34.4 Å². The first kappa shape index (κ1) is 16.1. The number of rotatable bonds is 2. The topological polar surface area (TPSA) is 47.6 Å². The minimum atomic E-state index is 0.0532. The fraction of sp³-hybridized carbons (Fsp3) is 0.263. The molecule has 1 aliphatic rings. The molecule has 0 saturated carbocycles. The molecule has 0 heterocycles. The molecule has 0 N–H and O–H groups in total. The minimum absolute atomic E-state index is 0.0532. The van der Waals surface area contributed by atoms with Gasteiger partial charge in [-0.25, -0.2) is 0 Å². The van der Waals surface area contributed by atoms with Crippen molar-refractivity contribution < 1.29 is 0 Å². The first-order valence-electron chi connectivity index (χ1n) is 7.14. The molecule has 22 heavy (non-hydrogen) atoms. The van der Waals surface area contributed by atoms with E-state index in [2.05, 4.69) is 38.6 Å². The fourth-order valence-corrected chi connectivity index (χ4v) is 2.83. The lowest BCUT2D eigenvalue weighted by molar-refractivity contribution is 0.354. The third-order valence-corrected chi connectivity index (χ3v) is 3.94. The summed E-state index contributed by atoms with van der Waals surface area (Å²) < 4.78 is 0. The molecular formula is C19H18N2S. The van der Waals surface area contributed by atoms with Gasteiger partial charge in [0, 0.05) is 4.90 Å². The Morgan fingerprint density at radius 1 is 1.09 bits per heavy atom. The smallest absolute Gasteiger partial charge is 0.132 e. The van der Waals surface area contributed by atoms with Crippen LogP contribution >= 0.6 is 12.6 Å². The minimum Gasteiger partial charge on any atom is -0.192 e. The van der Waals surface area contributed by atoms with Crippen LogP contribution < -0.4 is 0 Å². The molecular weight excluding hydrogens is 288 g/mol. The lowest BCUT2D eigenvalue weighted by atomic mass is 9.74. The molecule has 0 aromatic heterocycles. The number of hydrogen-bond donors (Lipinski definition) is 1. The largest absolute Gasteiger partial charge is 0.192 e. The van der Waals surface area contributed by atoms with E-state index in [4.69, 9.17) is 10.5 Å². The van der Waals surface area contributed by atoms with Gasteiger partial charge < -0.3 is 0 Å². The van der Waals surface area contributed by atoms with E-state index in [1.54, 1.807) is 0 Å². The molecule has 0 saturated heterocycles. The normalized spacial score (nSPS) is 16.8. The Morgan fingerprint density at radius 2 is 1.73 bits per heavy atom. The number of thiol groups is 1. The van der Waals surface area contributed by atoms with Crippen molar-refractivity contribution in [2.24, 2.45) is 5.41 Å². The van der Waals surface area contributed by atoms with Gasteiger partial charge in [-0.2, -0.15) is 10.5 Å². The number of hydrogen-bond acceptors (Lipinski definition) is 3. The molecule has 3 heteroatoms. The van der Waals surface area contributed by atoms with E-state index in [0.29, 0.717) is 0 Å². The summed E-state index contributed by atoms with van der Waals surface area (Å²) in [5.74, 6) is 0. The zero-order valence-electron chi connectivity index (χ0n) is 12.8. The molecule has 0 amide bonds. The molecule has 0 atom stereocenters. The molecule has 0 fully saturated rings. The molecule has 0 bridgehead atoms. The van der Waals surface area contributed by atoms with Crippen LogP contribution in [-0.2, 0) is 0 Å². The Hall–Kier alpha value is -2.23. The zero-order valence-corrected chi connectivity index (χ0v) is 13.7. The number of nitriles is 2. The van der Waals surface area contributed by atoms with Crippen molar-refractivity contribution in [2.45, 2.75) is 31.6 Å². The second-order valence-electron chi connectivity index (χ2n) is 6.29. The van der Waals surface area contributed by atoms with Crippen LogP contribution in [-0.4, -0.2) is 0 Å². The van der Waals surface area contributed by atoms with Crippen molar-refractivity contribution in [3.05, 3.63) is 58.7 Å². The highest BCUT2D eigenvalue weighted by Crippen LogP contribution is 2.39. The maximum absolute atomic E-state index is 9.08. The molecule has 2 rings (SSSR count). The van der Waals surface area contributed by atoms with E-state index >= 15 is 0 Å². The lowest BCUT2D eigenvalue weighted by Crippen LogP contribution is -2.17. The monoisotopic (exact) mass is 306 g/mol. The van der Waals surface area contributed by atoms with Crippen LogP contribution in [0.25, 0.3) is 6.08 Å². The first-order valence-corrected chi connectivity index (χ1v) is 7.59. The predicted octanol–water partition coefficient (Wildman–Crippen LogP) is 5.08. The van der Waals surface area contributed by atoms with Crippen LogP contribution in [0.5, 0.6) is 0 Å². The highest BCUT2D eigenvalue weighted by Gasteiger charge is 2.26. The van der Waals surface area contributed by atoms with E-state index in [9.17, 15) is 0 Å². The number of nitrogens with zero attached hydrogens (tertiary/aromatic N) is 2. The average Bonchev–Trinajstić information content (AvgIpc) is 2.46. The van der Waals surface area contributed by atoms with Crippen LogP contribution in [0.15, 0.2) is 58.0 Å². The summed E-state index contributed by atoms with van der Waals surface area (Å²) in [6, 6.07) is 11.9. The van der Waals surface area contributed by atoms with Crippen molar-refractivity contribution >= 4 is 18.7 Å². The van der Waals surface area contributed by atoms with Gasteiger partial charge in [0.1, 0.15) is 17.7 Å². The van der Waals surface area contributed by atoms with Crippen molar-refractivity contribution in [3.63, 3.8) is 0 Å². The summed E-state index contributed by atoms with van der Waals surface area (Å²) in [5, 5.41) is 18.2. The average molecular weight is 306 g/mol. The molecule has 1 aliphatic carbocycles. The Kier molecular flexibility index (Phi) is 4.91. The second-order valence-corrected chi connectivity index (χ2v) is 6.80. The van der Waals surface area contributed by atoms with E-state index in [1.807, 2.05) is 42.5 Å². The summed E-state index contributed by atoms with van der Waals surface area (Å²) in [6.45, 7) is 4.33. The van der Waals surface area contributed by atoms with Gasteiger partial charge in [0.2, 0.25) is 0 Å². The lowest BCUT2D eigenvalue weighted by Gasteiger charge is -2.30. The van der Waals surface area contributed by atoms with Crippen molar-refractivity contribution in [1.29, 1.82) is 10.5 Å². The predicted molar refractivity (Wildman–Crippen MR) is 92.1 cm³/mol. The maximum atomic E-state index is 9.08. The molecule has 1 aromatic carbocycles. The Bertz CT molecular complexity index is 719. The molecule has 0 radical (unpaired) electrons. The summed E-state index contributed by atoms with van der Waals surface area (Å²) in [4.78, 5) is 0.938. The van der Waals surface area contributed by atoms with Gasteiger partial charge >= 0.3 is 0 Å². The first-order chi connectivity index (χ1) is 10.4. The van der Waals surface area contributed by atoms with E-state index < -0.39 is 0 Å². The van der Waals surface area contributed by atoms with Gasteiger partial charge in [0.05, 0.1) is 0 Å². The Morgan fingerprint density at radius 3 is 2.32 bits per heavy atom. The Labute approximate surface area is 137 Å². The van der Waals surface area contributed by atoms with Gasteiger partial charge in [0.15, 0.2) is 0 Å². The fourth-order valence-electron chi connectivity index (χ4n) is 2.68. The number of benzene rings is 1. The van der Waals surface area contributed by atoms with Crippen molar-refractivity contribution in [1.82, 2.24) is 0 Å². The van der Waals surface area contributed by atoms with E-state index in [-0.39, 0.29) is 11.0 Å². The van der Waals surface area contributed by atoms with Crippen LogP contribution in [0, 0.1) is 28.1 Å². The molecule has 2 nitrogen and oxygen atoms in total. The van der Waals surface area contributed by atoms with Gasteiger partial charge in [-0.1, -0.05) is 44.2 Å². The highest BCUT2D eigenvalue weighted by atomic mass is 32.1. The zero-order chi connectivity index (χ0) is 16.2. The molecule has 110 valence electrons. The van der Waals surface area contributed by atoms with Crippen LogP contribution in [0.3, 0.4) is 0 Å². The van der Waals surface area contributed by atoms with Gasteiger partial charge in [-0.15, -0.1) is 12.6 Å². The second kappa shape index (κ2) is 6.69. The van der Waals surface area contributed by atoms with E-state index in [1.165, 1.54) is 0 Å².